The molecule has 0 aromatic heterocycles. The van der Waals surface area contributed by atoms with Crippen LogP contribution < -0.4 is 14.8 Å². The number of amides is 2. The largest absolute Gasteiger partial charge is 0.497 e. The van der Waals surface area contributed by atoms with Crippen LogP contribution >= 0.6 is 11.6 Å². The van der Waals surface area contributed by atoms with E-state index < -0.39 is 6.04 Å². The fraction of sp³-hybridized carbons (Fsp3) is 0.462. The molecule has 0 aliphatic carbocycles. The lowest BCUT2D eigenvalue weighted by Gasteiger charge is -2.33. The van der Waals surface area contributed by atoms with Crippen LogP contribution in [0.25, 0.3) is 0 Å². The van der Waals surface area contributed by atoms with Crippen molar-refractivity contribution in [2.75, 3.05) is 13.7 Å². The Morgan fingerprint density at radius 3 is 2.39 bits per heavy atom. The number of benzene rings is 2. The SMILES string of the molecule is CCC(C(=O)NC(C)(C)C)N(Cc1cccc(OC)c1)C(=O)CCCOc1ccc(Cl)cc1. The standard InChI is InChI=1S/C26H35ClN2O4/c1-6-23(25(31)28-26(2,3)4)29(18-19-9-7-10-22(17-19)32-5)24(30)11-8-16-33-21-14-12-20(27)13-15-21/h7,9-10,12-15,17,23H,6,8,11,16,18H2,1-5H3,(H,28,31). The first-order chi connectivity index (χ1) is 15.6. The number of nitrogens with zero attached hydrogens (tertiary/aromatic N) is 1. The summed E-state index contributed by atoms with van der Waals surface area (Å²) in [5, 5.41) is 3.66. The normalized spacial score (nSPS) is 12.1. The van der Waals surface area contributed by atoms with E-state index in [9.17, 15) is 9.59 Å². The maximum absolute atomic E-state index is 13.3. The van der Waals surface area contributed by atoms with E-state index in [1.54, 1.807) is 36.3 Å². The smallest absolute Gasteiger partial charge is 0.243 e. The van der Waals surface area contributed by atoms with Crippen LogP contribution in [0.3, 0.4) is 0 Å². The Morgan fingerprint density at radius 2 is 1.79 bits per heavy atom. The van der Waals surface area contributed by atoms with Gasteiger partial charge in [-0.25, -0.2) is 0 Å². The Balaban J connectivity index is 2.10. The highest BCUT2D eigenvalue weighted by Crippen LogP contribution is 2.20. The number of hydrogen-bond donors (Lipinski definition) is 1. The van der Waals surface area contributed by atoms with E-state index in [1.807, 2.05) is 52.0 Å². The number of ether oxygens (including phenoxy) is 2. The summed E-state index contributed by atoms with van der Waals surface area (Å²) in [6.07, 6.45) is 1.32. The molecule has 0 saturated carbocycles. The molecule has 2 aromatic carbocycles. The van der Waals surface area contributed by atoms with E-state index in [1.165, 1.54) is 0 Å². The van der Waals surface area contributed by atoms with Crippen molar-refractivity contribution < 1.29 is 19.1 Å². The molecule has 7 heteroatoms. The van der Waals surface area contributed by atoms with E-state index in [0.717, 1.165) is 5.56 Å². The van der Waals surface area contributed by atoms with Gasteiger partial charge in [0.25, 0.3) is 0 Å². The van der Waals surface area contributed by atoms with Gasteiger partial charge in [0.1, 0.15) is 17.5 Å². The predicted molar refractivity (Wildman–Crippen MR) is 132 cm³/mol. The highest BCUT2D eigenvalue weighted by molar-refractivity contribution is 6.30. The second kappa shape index (κ2) is 12.5. The van der Waals surface area contributed by atoms with Crippen LogP contribution in [0.5, 0.6) is 11.5 Å². The molecule has 2 rings (SSSR count). The van der Waals surface area contributed by atoms with Crippen LogP contribution in [0.1, 0.15) is 52.5 Å². The molecule has 0 saturated heterocycles. The molecular weight excluding hydrogens is 440 g/mol. The summed E-state index contributed by atoms with van der Waals surface area (Å²) >= 11 is 5.90. The van der Waals surface area contributed by atoms with Crippen LogP contribution in [0, 0.1) is 0 Å². The molecule has 1 unspecified atom stereocenters. The van der Waals surface area contributed by atoms with Gasteiger partial charge in [0.15, 0.2) is 0 Å². The van der Waals surface area contributed by atoms with Crippen LogP contribution in [-0.2, 0) is 16.1 Å². The topological polar surface area (TPSA) is 67.9 Å². The minimum atomic E-state index is -0.569. The molecule has 2 aromatic rings. The van der Waals surface area contributed by atoms with E-state index in [0.29, 0.717) is 42.5 Å². The predicted octanol–water partition coefficient (Wildman–Crippen LogP) is 5.23. The number of rotatable bonds is 11. The molecule has 0 spiro atoms. The Morgan fingerprint density at radius 1 is 1.09 bits per heavy atom. The van der Waals surface area contributed by atoms with E-state index in [2.05, 4.69) is 5.32 Å². The lowest BCUT2D eigenvalue weighted by Crippen LogP contribution is -2.53. The van der Waals surface area contributed by atoms with Crippen molar-refractivity contribution in [3.8, 4) is 11.5 Å². The number of hydrogen-bond acceptors (Lipinski definition) is 4. The molecular formula is C26H35ClN2O4. The summed E-state index contributed by atoms with van der Waals surface area (Å²) in [4.78, 5) is 28.0. The molecule has 1 atom stereocenters. The third-order valence-corrected chi connectivity index (χ3v) is 5.24. The van der Waals surface area contributed by atoms with Crippen molar-refractivity contribution >= 4 is 23.4 Å². The lowest BCUT2D eigenvalue weighted by molar-refractivity contribution is -0.142. The van der Waals surface area contributed by atoms with Gasteiger partial charge in [0, 0.05) is 23.5 Å². The highest BCUT2D eigenvalue weighted by atomic mass is 35.5. The first-order valence-electron chi connectivity index (χ1n) is 11.3. The Kier molecular flexibility index (Phi) is 10.0. The summed E-state index contributed by atoms with van der Waals surface area (Å²) in [6, 6.07) is 14.1. The molecule has 6 nitrogen and oxygen atoms in total. The molecule has 0 bridgehead atoms. The highest BCUT2D eigenvalue weighted by Gasteiger charge is 2.30. The van der Waals surface area contributed by atoms with Crippen LogP contribution in [0.15, 0.2) is 48.5 Å². The second-order valence-corrected chi connectivity index (χ2v) is 9.38. The first-order valence-corrected chi connectivity index (χ1v) is 11.6. The van der Waals surface area contributed by atoms with Gasteiger partial charge >= 0.3 is 0 Å². The molecule has 1 N–H and O–H groups in total. The van der Waals surface area contributed by atoms with Gasteiger partial charge in [-0.2, -0.15) is 0 Å². The van der Waals surface area contributed by atoms with E-state index in [4.69, 9.17) is 21.1 Å². The second-order valence-electron chi connectivity index (χ2n) is 8.94. The van der Waals surface area contributed by atoms with Gasteiger partial charge in [-0.05, 0) is 75.6 Å². The zero-order chi connectivity index (χ0) is 24.4. The summed E-state index contributed by atoms with van der Waals surface area (Å²) in [5.41, 5.74) is 0.517. The van der Waals surface area contributed by atoms with Gasteiger partial charge in [0.2, 0.25) is 11.8 Å². The van der Waals surface area contributed by atoms with Crippen LogP contribution in [0.2, 0.25) is 5.02 Å². The summed E-state index contributed by atoms with van der Waals surface area (Å²) in [5.74, 6) is 1.17. The molecule has 0 aliphatic heterocycles. The fourth-order valence-corrected chi connectivity index (χ4v) is 3.55. The lowest BCUT2D eigenvalue weighted by atomic mass is 10.0. The van der Waals surface area contributed by atoms with Crippen molar-refractivity contribution in [2.45, 2.75) is 65.1 Å². The summed E-state index contributed by atoms with van der Waals surface area (Å²) in [6.45, 7) is 8.43. The number of nitrogens with one attached hydrogen (secondary N) is 1. The molecule has 0 aliphatic rings. The fourth-order valence-electron chi connectivity index (χ4n) is 3.43. The zero-order valence-electron chi connectivity index (χ0n) is 20.2. The van der Waals surface area contributed by atoms with Crippen LogP contribution in [-0.4, -0.2) is 42.0 Å². The maximum Gasteiger partial charge on any atom is 0.243 e. The van der Waals surface area contributed by atoms with Crippen molar-refractivity contribution in [1.29, 1.82) is 0 Å². The van der Waals surface area contributed by atoms with Gasteiger partial charge in [-0.15, -0.1) is 0 Å². The summed E-state index contributed by atoms with van der Waals surface area (Å²) < 4.78 is 11.0. The minimum Gasteiger partial charge on any atom is -0.497 e. The Bertz CT molecular complexity index is 909. The van der Waals surface area contributed by atoms with Crippen molar-refractivity contribution in [1.82, 2.24) is 10.2 Å². The van der Waals surface area contributed by atoms with Gasteiger partial charge in [0.05, 0.1) is 13.7 Å². The monoisotopic (exact) mass is 474 g/mol. The number of methoxy groups -OCH3 is 1. The Labute approximate surface area is 202 Å². The zero-order valence-corrected chi connectivity index (χ0v) is 20.9. The number of halogens is 1. The maximum atomic E-state index is 13.3. The quantitative estimate of drug-likeness (QED) is 0.453. The third kappa shape index (κ3) is 8.97. The van der Waals surface area contributed by atoms with E-state index >= 15 is 0 Å². The number of carbonyl (C=O) groups is 2. The van der Waals surface area contributed by atoms with Crippen molar-refractivity contribution in [3.63, 3.8) is 0 Å². The van der Waals surface area contributed by atoms with Gasteiger partial charge in [-0.1, -0.05) is 30.7 Å². The molecule has 0 heterocycles. The number of carbonyl (C=O) groups excluding carboxylic acids is 2. The molecule has 0 fully saturated rings. The minimum absolute atomic E-state index is 0.0894. The average Bonchev–Trinajstić information content (AvgIpc) is 2.76. The Hall–Kier alpha value is -2.73. The molecule has 33 heavy (non-hydrogen) atoms. The molecule has 2 amide bonds. The summed E-state index contributed by atoms with van der Waals surface area (Å²) in [7, 11) is 1.61. The molecule has 180 valence electrons. The first kappa shape index (κ1) is 26.5. The van der Waals surface area contributed by atoms with Crippen molar-refractivity contribution in [2.24, 2.45) is 0 Å². The molecule has 0 radical (unpaired) electrons. The van der Waals surface area contributed by atoms with Gasteiger partial charge < -0.3 is 19.7 Å². The van der Waals surface area contributed by atoms with E-state index in [-0.39, 0.29) is 23.8 Å². The van der Waals surface area contributed by atoms with Gasteiger partial charge in [-0.3, -0.25) is 9.59 Å². The van der Waals surface area contributed by atoms with Crippen molar-refractivity contribution in [3.05, 3.63) is 59.1 Å². The van der Waals surface area contributed by atoms with Crippen LogP contribution in [0.4, 0.5) is 0 Å². The average molecular weight is 475 g/mol. The third-order valence-electron chi connectivity index (χ3n) is 4.99.